The minimum atomic E-state index is -0.139. The van der Waals surface area contributed by atoms with Gasteiger partial charge in [-0.1, -0.05) is 26.0 Å². The van der Waals surface area contributed by atoms with E-state index in [4.69, 9.17) is 0 Å². The summed E-state index contributed by atoms with van der Waals surface area (Å²) in [5, 5.41) is 9.73. The third kappa shape index (κ3) is 3.60. The summed E-state index contributed by atoms with van der Waals surface area (Å²) in [7, 11) is 4.07. The summed E-state index contributed by atoms with van der Waals surface area (Å²) in [6.07, 6.45) is 1.09. The molecule has 2 atom stereocenters. The highest BCUT2D eigenvalue weighted by molar-refractivity contribution is 5.47. The van der Waals surface area contributed by atoms with Gasteiger partial charge in [-0.25, -0.2) is 0 Å². The number of hydrogen-bond donors (Lipinski definition) is 0. The van der Waals surface area contributed by atoms with Crippen molar-refractivity contribution < 1.29 is 0 Å². The SMILES string of the molecule is CCC1CN(CC)CCN1C(C#N)c1ccc(N(C)C)cc1. The van der Waals surface area contributed by atoms with Crippen LogP contribution in [0, 0.1) is 11.3 Å². The largest absolute Gasteiger partial charge is 0.378 e. The standard InChI is InChI=1S/C18H28N4/c1-5-16-14-21(6-2)11-12-22(16)18(13-19)15-7-9-17(10-8-15)20(3)4/h7-10,16,18H,5-6,11-12,14H2,1-4H3. The molecule has 1 aromatic rings. The quantitative estimate of drug-likeness (QED) is 0.837. The molecule has 2 rings (SSSR count). The molecular weight excluding hydrogens is 272 g/mol. The number of nitriles is 1. The van der Waals surface area contributed by atoms with Gasteiger partial charge in [0.2, 0.25) is 0 Å². The molecule has 1 aromatic carbocycles. The van der Waals surface area contributed by atoms with Crippen molar-refractivity contribution in [1.82, 2.24) is 9.80 Å². The summed E-state index contributed by atoms with van der Waals surface area (Å²) in [6, 6.07) is 11.3. The van der Waals surface area contributed by atoms with Crippen LogP contribution in [-0.4, -0.2) is 56.1 Å². The fourth-order valence-electron chi connectivity index (χ4n) is 3.22. The van der Waals surface area contributed by atoms with Crippen molar-refractivity contribution in [2.75, 3.05) is 45.2 Å². The number of anilines is 1. The van der Waals surface area contributed by atoms with E-state index in [0.29, 0.717) is 6.04 Å². The van der Waals surface area contributed by atoms with Crippen LogP contribution in [0.2, 0.25) is 0 Å². The summed E-state index contributed by atoms with van der Waals surface area (Å²) >= 11 is 0. The molecule has 1 fully saturated rings. The first-order valence-corrected chi connectivity index (χ1v) is 8.25. The fraction of sp³-hybridized carbons (Fsp3) is 0.611. The normalized spacial score (nSPS) is 21.3. The van der Waals surface area contributed by atoms with Crippen molar-refractivity contribution >= 4 is 5.69 Å². The highest BCUT2D eigenvalue weighted by Crippen LogP contribution is 2.27. The molecule has 120 valence electrons. The molecule has 0 radical (unpaired) electrons. The van der Waals surface area contributed by atoms with Gasteiger partial charge in [-0.3, -0.25) is 4.90 Å². The highest BCUT2D eigenvalue weighted by Gasteiger charge is 2.31. The Morgan fingerprint density at radius 1 is 1.23 bits per heavy atom. The molecule has 0 aliphatic carbocycles. The van der Waals surface area contributed by atoms with E-state index in [0.717, 1.165) is 38.2 Å². The van der Waals surface area contributed by atoms with E-state index < -0.39 is 0 Å². The lowest BCUT2D eigenvalue weighted by Crippen LogP contribution is -2.53. The van der Waals surface area contributed by atoms with Crippen LogP contribution in [0.5, 0.6) is 0 Å². The minimum Gasteiger partial charge on any atom is -0.378 e. The lowest BCUT2D eigenvalue weighted by molar-refractivity contribution is 0.0569. The molecule has 2 unspecified atom stereocenters. The Hall–Kier alpha value is -1.57. The van der Waals surface area contributed by atoms with Gasteiger partial charge in [0.15, 0.2) is 0 Å². The van der Waals surface area contributed by atoms with Crippen LogP contribution in [0.4, 0.5) is 5.69 Å². The molecule has 22 heavy (non-hydrogen) atoms. The van der Waals surface area contributed by atoms with Gasteiger partial charge in [0.1, 0.15) is 6.04 Å². The molecule has 1 aliphatic rings. The van der Waals surface area contributed by atoms with Gasteiger partial charge in [0, 0.05) is 45.5 Å². The van der Waals surface area contributed by atoms with Gasteiger partial charge >= 0.3 is 0 Å². The molecule has 1 saturated heterocycles. The van der Waals surface area contributed by atoms with Crippen molar-refractivity contribution in [3.63, 3.8) is 0 Å². The van der Waals surface area contributed by atoms with Gasteiger partial charge in [-0.05, 0) is 30.7 Å². The second-order valence-electron chi connectivity index (χ2n) is 6.21. The maximum Gasteiger partial charge on any atom is 0.124 e. The van der Waals surface area contributed by atoms with Crippen molar-refractivity contribution in [3.05, 3.63) is 29.8 Å². The molecule has 0 saturated carbocycles. The van der Waals surface area contributed by atoms with Gasteiger partial charge < -0.3 is 9.80 Å². The first kappa shape index (κ1) is 16.8. The Morgan fingerprint density at radius 3 is 2.41 bits per heavy atom. The maximum absolute atomic E-state index is 9.73. The summed E-state index contributed by atoms with van der Waals surface area (Å²) in [4.78, 5) is 6.95. The van der Waals surface area contributed by atoms with Gasteiger partial charge in [-0.15, -0.1) is 0 Å². The zero-order valence-corrected chi connectivity index (χ0v) is 14.3. The van der Waals surface area contributed by atoms with Crippen molar-refractivity contribution in [1.29, 1.82) is 5.26 Å². The summed E-state index contributed by atoms with van der Waals surface area (Å²) in [5.74, 6) is 0. The summed E-state index contributed by atoms with van der Waals surface area (Å²) < 4.78 is 0. The lowest BCUT2D eigenvalue weighted by Gasteiger charge is -2.43. The Bertz CT molecular complexity index is 503. The molecule has 0 aromatic heterocycles. The minimum absolute atomic E-state index is 0.139. The topological polar surface area (TPSA) is 33.5 Å². The van der Waals surface area contributed by atoms with E-state index in [1.54, 1.807) is 0 Å². The third-order valence-electron chi connectivity index (χ3n) is 4.71. The molecule has 1 heterocycles. The van der Waals surface area contributed by atoms with E-state index in [2.05, 4.69) is 58.9 Å². The van der Waals surface area contributed by atoms with Crippen molar-refractivity contribution in [2.45, 2.75) is 32.4 Å². The number of rotatable bonds is 5. The van der Waals surface area contributed by atoms with E-state index in [9.17, 15) is 5.26 Å². The maximum atomic E-state index is 9.73. The predicted molar refractivity (Wildman–Crippen MR) is 92.0 cm³/mol. The lowest BCUT2D eigenvalue weighted by atomic mass is 10.0. The third-order valence-corrected chi connectivity index (χ3v) is 4.71. The number of piperazine rings is 1. The molecule has 1 aliphatic heterocycles. The summed E-state index contributed by atoms with van der Waals surface area (Å²) in [6.45, 7) is 8.63. The van der Waals surface area contributed by atoms with E-state index in [1.807, 2.05) is 14.1 Å². The zero-order chi connectivity index (χ0) is 16.1. The predicted octanol–water partition coefficient (Wildman–Crippen LogP) is 2.73. The number of nitrogens with zero attached hydrogens (tertiary/aromatic N) is 4. The second-order valence-corrected chi connectivity index (χ2v) is 6.21. The molecule has 0 spiro atoms. The van der Waals surface area contributed by atoms with Crippen LogP contribution in [0.25, 0.3) is 0 Å². The average molecular weight is 300 g/mol. The smallest absolute Gasteiger partial charge is 0.124 e. The fourth-order valence-corrected chi connectivity index (χ4v) is 3.22. The monoisotopic (exact) mass is 300 g/mol. The van der Waals surface area contributed by atoms with Crippen LogP contribution in [0.15, 0.2) is 24.3 Å². The first-order valence-electron chi connectivity index (χ1n) is 8.25. The molecule has 4 nitrogen and oxygen atoms in total. The van der Waals surface area contributed by atoms with Crippen LogP contribution in [0.1, 0.15) is 31.9 Å². The first-order chi connectivity index (χ1) is 10.6. The molecule has 0 N–H and O–H groups in total. The van der Waals surface area contributed by atoms with E-state index in [1.165, 1.54) is 5.69 Å². The Morgan fingerprint density at radius 2 is 1.91 bits per heavy atom. The van der Waals surface area contributed by atoms with Gasteiger partial charge in [0.05, 0.1) is 6.07 Å². The van der Waals surface area contributed by atoms with Crippen molar-refractivity contribution in [2.24, 2.45) is 0 Å². The van der Waals surface area contributed by atoms with Crippen molar-refractivity contribution in [3.8, 4) is 6.07 Å². The Labute approximate surface area is 134 Å². The molecule has 0 amide bonds. The number of hydrogen-bond acceptors (Lipinski definition) is 4. The Balaban J connectivity index is 2.18. The van der Waals surface area contributed by atoms with Gasteiger partial charge in [0.25, 0.3) is 0 Å². The molecule has 4 heteroatoms. The van der Waals surface area contributed by atoms with Crippen LogP contribution >= 0.6 is 0 Å². The molecule has 0 bridgehead atoms. The Kier molecular flexibility index (Phi) is 5.82. The summed E-state index contributed by atoms with van der Waals surface area (Å²) in [5.41, 5.74) is 2.28. The second kappa shape index (κ2) is 7.62. The molecular formula is C18H28N4. The zero-order valence-electron chi connectivity index (χ0n) is 14.3. The van der Waals surface area contributed by atoms with Crippen LogP contribution in [0.3, 0.4) is 0 Å². The number of likely N-dealkylation sites (N-methyl/N-ethyl adjacent to an activating group) is 1. The van der Waals surface area contributed by atoms with E-state index >= 15 is 0 Å². The van der Waals surface area contributed by atoms with Gasteiger partial charge in [-0.2, -0.15) is 5.26 Å². The average Bonchev–Trinajstić information content (AvgIpc) is 2.56. The number of benzene rings is 1. The van der Waals surface area contributed by atoms with Crippen LogP contribution < -0.4 is 4.90 Å². The highest BCUT2D eigenvalue weighted by atomic mass is 15.3. The van der Waals surface area contributed by atoms with E-state index in [-0.39, 0.29) is 6.04 Å². The van der Waals surface area contributed by atoms with Crippen LogP contribution in [-0.2, 0) is 0 Å².